The van der Waals surface area contributed by atoms with Crippen LogP contribution in [-0.2, 0) is 9.59 Å². The third-order valence-electron chi connectivity index (χ3n) is 5.38. The third-order valence-corrected chi connectivity index (χ3v) is 7.59. The Kier molecular flexibility index (Phi) is 8.01. The van der Waals surface area contributed by atoms with E-state index in [0.29, 0.717) is 32.9 Å². The van der Waals surface area contributed by atoms with E-state index in [1.807, 2.05) is 31.2 Å². The van der Waals surface area contributed by atoms with Gasteiger partial charge in [0.1, 0.15) is 6.54 Å². The van der Waals surface area contributed by atoms with E-state index < -0.39 is 28.5 Å². The molecule has 37 heavy (non-hydrogen) atoms. The smallest absolute Gasteiger partial charge is 0.294 e. The number of carbonyl (C=O) groups excluding carboxylic acids is 3. The number of aryl methyl sites for hydroxylation is 2. The van der Waals surface area contributed by atoms with Crippen LogP contribution in [0.3, 0.4) is 0 Å². The highest BCUT2D eigenvalue weighted by atomic mass is 35.5. The lowest BCUT2D eigenvalue weighted by Gasteiger charge is -2.13. The number of nitro benzene ring substituents is 1. The molecule has 3 aromatic carbocycles. The molecule has 0 aliphatic carbocycles. The van der Waals surface area contributed by atoms with Crippen LogP contribution in [0.4, 0.5) is 16.2 Å². The second-order valence-corrected chi connectivity index (χ2v) is 10.7. The van der Waals surface area contributed by atoms with Crippen LogP contribution in [0, 0.1) is 24.0 Å². The number of anilines is 1. The maximum atomic E-state index is 12.9. The lowest BCUT2D eigenvalue weighted by molar-refractivity contribution is -0.387. The van der Waals surface area contributed by atoms with Gasteiger partial charge in [0.2, 0.25) is 5.91 Å². The largest absolute Gasteiger partial charge is 0.324 e. The molecular weight excluding hydrogens is 534 g/mol. The molecule has 1 saturated heterocycles. The van der Waals surface area contributed by atoms with Crippen molar-refractivity contribution >= 4 is 69.6 Å². The molecule has 4 rings (SSSR count). The molecule has 1 fully saturated rings. The predicted octanol–water partition coefficient (Wildman–Crippen LogP) is 6.69. The topological polar surface area (TPSA) is 110 Å². The number of amides is 3. The maximum Gasteiger partial charge on any atom is 0.294 e. The van der Waals surface area contributed by atoms with Crippen LogP contribution < -0.4 is 5.32 Å². The summed E-state index contributed by atoms with van der Waals surface area (Å²) in [7, 11) is 0. The Morgan fingerprint density at radius 1 is 1.11 bits per heavy atom. The Morgan fingerprint density at radius 3 is 2.54 bits per heavy atom. The molecule has 0 saturated carbocycles. The number of hydrogen-bond donors (Lipinski definition) is 1. The number of nitro groups is 1. The molecule has 0 aromatic heterocycles. The Hall–Kier alpha value is -3.60. The molecule has 3 aromatic rings. The van der Waals surface area contributed by atoms with Gasteiger partial charge in [-0.1, -0.05) is 53.2 Å². The van der Waals surface area contributed by atoms with E-state index >= 15 is 0 Å². The average molecular weight is 554 g/mol. The molecular formula is C26H20ClN3O5S2. The highest BCUT2D eigenvalue weighted by Gasteiger charge is 2.36. The van der Waals surface area contributed by atoms with Crippen molar-refractivity contribution < 1.29 is 19.3 Å². The minimum Gasteiger partial charge on any atom is -0.324 e. The Balaban J connectivity index is 1.50. The number of benzene rings is 3. The van der Waals surface area contributed by atoms with Gasteiger partial charge in [-0.15, -0.1) is 0 Å². The summed E-state index contributed by atoms with van der Waals surface area (Å²) < 4.78 is 0. The van der Waals surface area contributed by atoms with Gasteiger partial charge in [-0.05, 0) is 73.1 Å². The van der Waals surface area contributed by atoms with E-state index in [1.165, 1.54) is 23.9 Å². The minimum absolute atomic E-state index is 0.0740. The molecule has 3 amide bonds. The van der Waals surface area contributed by atoms with Gasteiger partial charge in [0.15, 0.2) is 0 Å². The number of carbonyl (C=O) groups is 3. The second-order valence-electron chi connectivity index (χ2n) is 8.17. The van der Waals surface area contributed by atoms with Crippen LogP contribution in [0.25, 0.3) is 6.08 Å². The van der Waals surface area contributed by atoms with E-state index in [2.05, 4.69) is 5.32 Å². The molecule has 188 valence electrons. The molecule has 0 spiro atoms. The normalized spacial score (nSPS) is 14.4. The van der Waals surface area contributed by atoms with Crippen molar-refractivity contribution in [2.24, 2.45) is 0 Å². The average Bonchev–Trinajstić information content (AvgIpc) is 3.10. The SMILES string of the molecule is Cc1ccc(Sc2ccc(/C=C3\SC(=O)N(CC(=O)Nc4cc(Cl)ccc4C)C3=O)cc2[N+](=O)[O-])cc1. The highest BCUT2D eigenvalue weighted by molar-refractivity contribution is 8.18. The van der Waals surface area contributed by atoms with Crippen molar-refractivity contribution in [3.8, 4) is 0 Å². The van der Waals surface area contributed by atoms with E-state index in [9.17, 15) is 24.5 Å². The first-order valence-electron chi connectivity index (χ1n) is 10.9. The summed E-state index contributed by atoms with van der Waals surface area (Å²) in [5.41, 5.74) is 2.62. The summed E-state index contributed by atoms with van der Waals surface area (Å²) in [6.07, 6.45) is 1.41. The van der Waals surface area contributed by atoms with Gasteiger partial charge in [0.25, 0.3) is 16.8 Å². The van der Waals surface area contributed by atoms with Crippen LogP contribution in [-0.4, -0.2) is 33.4 Å². The zero-order chi connectivity index (χ0) is 26.7. The van der Waals surface area contributed by atoms with Gasteiger partial charge >= 0.3 is 0 Å². The first-order chi connectivity index (χ1) is 17.6. The lowest BCUT2D eigenvalue weighted by Crippen LogP contribution is -2.36. The van der Waals surface area contributed by atoms with Gasteiger partial charge in [-0.25, -0.2) is 0 Å². The van der Waals surface area contributed by atoms with Crippen molar-refractivity contribution in [1.29, 1.82) is 0 Å². The summed E-state index contributed by atoms with van der Waals surface area (Å²) >= 11 is 7.91. The number of nitrogens with one attached hydrogen (secondary N) is 1. The van der Waals surface area contributed by atoms with Gasteiger partial charge in [-0.3, -0.25) is 29.4 Å². The molecule has 1 N–H and O–H groups in total. The molecule has 1 aliphatic heterocycles. The molecule has 0 bridgehead atoms. The van der Waals surface area contributed by atoms with Crippen molar-refractivity contribution in [3.05, 3.63) is 97.4 Å². The number of rotatable bonds is 7. The molecule has 0 radical (unpaired) electrons. The Morgan fingerprint density at radius 2 is 1.84 bits per heavy atom. The second kappa shape index (κ2) is 11.2. The van der Waals surface area contributed by atoms with Crippen LogP contribution in [0.2, 0.25) is 5.02 Å². The molecule has 1 heterocycles. The van der Waals surface area contributed by atoms with Gasteiger partial charge in [-0.2, -0.15) is 0 Å². The highest BCUT2D eigenvalue weighted by Crippen LogP contribution is 2.37. The van der Waals surface area contributed by atoms with Gasteiger partial charge < -0.3 is 5.32 Å². The van der Waals surface area contributed by atoms with Crippen LogP contribution in [0.1, 0.15) is 16.7 Å². The first kappa shape index (κ1) is 26.5. The summed E-state index contributed by atoms with van der Waals surface area (Å²) in [5, 5.41) is 14.2. The van der Waals surface area contributed by atoms with Gasteiger partial charge in [0.05, 0.1) is 14.7 Å². The zero-order valence-electron chi connectivity index (χ0n) is 19.7. The molecule has 11 heteroatoms. The lowest BCUT2D eigenvalue weighted by atomic mass is 10.2. The fourth-order valence-electron chi connectivity index (χ4n) is 3.44. The Labute approximate surface area is 226 Å². The van der Waals surface area contributed by atoms with Crippen molar-refractivity contribution in [2.75, 3.05) is 11.9 Å². The van der Waals surface area contributed by atoms with Crippen LogP contribution >= 0.6 is 35.1 Å². The van der Waals surface area contributed by atoms with Crippen molar-refractivity contribution in [1.82, 2.24) is 4.90 Å². The molecule has 1 aliphatic rings. The van der Waals surface area contributed by atoms with Crippen molar-refractivity contribution in [3.63, 3.8) is 0 Å². The van der Waals surface area contributed by atoms with Crippen LogP contribution in [0.5, 0.6) is 0 Å². The van der Waals surface area contributed by atoms with E-state index in [1.54, 1.807) is 37.3 Å². The van der Waals surface area contributed by atoms with Gasteiger partial charge in [0, 0.05) is 21.7 Å². The number of halogens is 1. The molecule has 0 unspecified atom stereocenters. The molecule has 0 atom stereocenters. The summed E-state index contributed by atoms with van der Waals surface area (Å²) in [6.45, 7) is 3.28. The standard InChI is InChI=1S/C26H20ClN3O5S2/c1-15-3-8-19(9-4-15)36-22-10-6-17(11-21(22)30(34)35)12-23-25(32)29(26(33)37-23)14-24(31)28-20-13-18(27)7-5-16(20)2/h3-13H,14H2,1-2H3,(H,28,31)/b23-12-. The fraction of sp³-hybridized carbons (Fsp3) is 0.115. The summed E-state index contributed by atoms with van der Waals surface area (Å²) in [5.74, 6) is -1.20. The number of imide groups is 1. The minimum atomic E-state index is -0.645. The van der Waals surface area contributed by atoms with Crippen LogP contribution in [0.15, 0.2) is 75.4 Å². The fourth-order valence-corrected chi connectivity index (χ4v) is 5.35. The zero-order valence-corrected chi connectivity index (χ0v) is 22.1. The number of thioether (sulfide) groups is 1. The van der Waals surface area contributed by atoms with E-state index in [0.717, 1.165) is 20.9 Å². The monoisotopic (exact) mass is 553 g/mol. The Bertz CT molecular complexity index is 1460. The van der Waals surface area contributed by atoms with E-state index in [4.69, 9.17) is 11.6 Å². The molecule has 8 nitrogen and oxygen atoms in total. The quantitative estimate of drug-likeness (QED) is 0.197. The predicted molar refractivity (Wildman–Crippen MR) is 146 cm³/mol. The number of nitrogens with zero attached hydrogens (tertiary/aromatic N) is 2. The maximum absolute atomic E-state index is 12.9. The van der Waals surface area contributed by atoms with E-state index in [-0.39, 0.29) is 10.6 Å². The summed E-state index contributed by atoms with van der Waals surface area (Å²) in [4.78, 5) is 51.3. The number of hydrogen-bond acceptors (Lipinski definition) is 7. The first-order valence-corrected chi connectivity index (χ1v) is 13.0. The van der Waals surface area contributed by atoms with Crippen molar-refractivity contribution in [2.45, 2.75) is 23.6 Å². The summed E-state index contributed by atoms with van der Waals surface area (Å²) in [6, 6.07) is 17.2. The third kappa shape index (κ3) is 6.40.